The first kappa shape index (κ1) is 11.3. The number of nitrogens with two attached hydrogens (primary N) is 1. The first-order valence-electron chi connectivity index (χ1n) is 3.24. The van der Waals surface area contributed by atoms with Crippen molar-refractivity contribution in [3.63, 3.8) is 0 Å². The van der Waals surface area contributed by atoms with Crippen LogP contribution in [0.4, 0.5) is 14.5 Å². The first-order valence-corrected chi connectivity index (χ1v) is 5.58. The summed E-state index contributed by atoms with van der Waals surface area (Å²) in [6.07, 6.45) is 0. The normalized spacial score (nSPS) is 11.4. The second-order valence-electron chi connectivity index (χ2n) is 2.39. The number of benzene rings is 1. The van der Waals surface area contributed by atoms with E-state index in [-0.39, 0.29) is 4.47 Å². The molecule has 0 unspecified atom stereocenters. The summed E-state index contributed by atoms with van der Waals surface area (Å²) in [6.45, 7) is 0. The van der Waals surface area contributed by atoms with E-state index in [0.717, 1.165) is 6.07 Å². The van der Waals surface area contributed by atoms with Gasteiger partial charge in [-0.15, -0.1) is 0 Å². The van der Waals surface area contributed by atoms with Crippen molar-refractivity contribution in [3.05, 3.63) is 28.2 Å². The summed E-state index contributed by atoms with van der Waals surface area (Å²) < 4.78 is 48.3. The molecule has 3 N–H and O–H groups in total. The molecule has 0 saturated carbocycles. The van der Waals surface area contributed by atoms with Crippen molar-refractivity contribution in [1.82, 2.24) is 0 Å². The average molecular weight is 287 g/mol. The molecule has 78 valence electrons. The molecule has 0 bridgehead atoms. The molecule has 1 aromatic rings. The topological polar surface area (TPSA) is 72.2 Å². The van der Waals surface area contributed by atoms with Gasteiger partial charge >= 0.3 is 0 Å². The van der Waals surface area contributed by atoms with Crippen LogP contribution in [0.2, 0.25) is 0 Å². The molecule has 0 saturated heterocycles. The molecule has 0 aromatic heterocycles. The zero-order valence-electron chi connectivity index (χ0n) is 6.59. The fourth-order valence-electron chi connectivity index (χ4n) is 0.754. The number of nitrogens with one attached hydrogen (secondary N) is 1. The Morgan fingerprint density at radius 1 is 1.29 bits per heavy atom. The molecule has 0 fully saturated rings. The molecule has 8 heteroatoms. The van der Waals surface area contributed by atoms with Gasteiger partial charge in [0, 0.05) is 6.07 Å². The minimum absolute atomic E-state index is 0.0648. The van der Waals surface area contributed by atoms with Crippen LogP contribution in [0.3, 0.4) is 0 Å². The van der Waals surface area contributed by atoms with Gasteiger partial charge in [-0.2, -0.15) is 8.42 Å². The largest absolute Gasteiger partial charge is 0.296 e. The lowest BCUT2D eigenvalue weighted by Gasteiger charge is -2.05. The maximum Gasteiger partial charge on any atom is 0.296 e. The quantitative estimate of drug-likeness (QED) is 0.806. The molecule has 4 nitrogen and oxygen atoms in total. The van der Waals surface area contributed by atoms with Crippen LogP contribution in [0, 0.1) is 11.6 Å². The van der Waals surface area contributed by atoms with E-state index >= 15 is 0 Å². The maximum absolute atomic E-state index is 12.9. The van der Waals surface area contributed by atoms with Crippen LogP contribution in [-0.2, 0) is 10.2 Å². The Morgan fingerprint density at radius 3 is 2.36 bits per heavy atom. The van der Waals surface area contributed by atoms with Crippen molar-refractivity contribution in [3.8, 4) is 0 Å². The first-order chi connectivity index (χ1) is 6.29. The van der Waals surface area contributed by atoms with Crippen molar-refractivity contribution in [2.24, 2.45) is 5.14 Å². The van der Waals surface area contributed by atoms with Crippen molar-refractivity contribution in [2.45, 2.75) is 0 Å². The van der Waals surface area contributed by atoms with Crippen LogP contribution in [-0.4, -0.2) is 8.42 Å². The minimum Gasteiger partial charge on any atom is -0.268 e. The van der Waals surface area contributed by atoms with Gasteiger partial charge in [0.2, 0.25) is 0 Å². The lowest BCUT2D eigenvalue weighted by molar-refractivity contribution is 0.579. The van der Waals surface area contributed by atoms with Crippen LogP contribution in [0.15, 0.2) is 16.6 Å². The second-order valence-corrected chi connectivity index (χ2v) is 4.54. The summed E-state index contributed by atoms with van der Waals surface area (Å²) >= 11 is 2.77. The Balaban J connectivity index is 3.17. The summed E-state index contributed by atoms with van der Waals surface area (Å²) in [7, 11) is -4.06. The third-order valence-corrected chi connectivity index (χ3v) is 2.37. The van der Waals surface area contributed by atoms with Crippen molar-refractivity contribution >= 4 is 31.8 Å². The van der Waals surface area contributed by atoms with E-state index in [1.54, 1.807) is 4.72 Å². The lowest BCUT2D eigenvalue weighted by atomic mass is 10.3. The number of anilines is 1. The molecule has 0 radical (unpaired) electrons. The summed E-state index contributed by atoms with van der Waals surface area (Å²) in [6, 6.07) is 1.48. The van der Waals surface area contributed by atoms with Gasteiger partial charge in [-0.3, -0.25) is 4.72 Å². The predicted molar refractivity (Wildman–Crippen MR) is 50.8 cm³/mol. The zero-order chi connectivity index (χ0) is 10.9. The van der Waals surface area contributed by atoms with Crippen LogP contribution in [0.1, 0.15) is 0 Å². The van der Waals surface area contributed by atoms with E-state index in [9.17, 15) is 17.2 Å². The fourth-order valence-corrected chi connectivity index (χ4v) is 1.56. The molecular weight excluding hydrogens is 282 g/mol. The zero-order valence-corrected chi connectivity index (χ0v) is 8.99. The van der Waals surface area contributed by atoms with E-state index in [4.69, 9.17) is 0 Å². The molecule has 14 heavy (non-hydrogen) atoms. The highest BCUT2D eigenvalue weighted by Gasteiger charge is 2.11. The number of hydrogen-bond acceptors (Lipinski definition) is 2. The standard InChI is InChI=1S/C6H5BrF2N2O2S/c7-3-1-6(11-14(10,12)13)5(9)2-4(3)8/h1-2,11H,(H2,10,12,13). The Labute approximate surface area is 87.4 Å². The van der Waals surface area contributed by atoms with E-state index in [2.05, 4.69) is 21.1 Å². The molecular formula is C6H5BrF2N2O2S. The van der Waals surface area contributed by atoms with Crippen molar-refractivity contribution < 1.29 is 17.2 Å². The third kappa shape index (κ3) is 2.89. The summed E-state index contributed by atoms with van der Waals surface area (Å²) in [4.78, 5) is 0. The maximum atomic E-state index is 12.9. The van der Waals surface area contributed by atoms with Gasteiger partial charge in [0.1, 0.15) is 11.6 Å². The van der Waals surface area contributed by atoms with Gasteiger partial charge < -0.3 is 0 Å². The van der Waals surface area contributed by atoms with Gasteiger partial charge in [-0.25, -0.2) is 13.9 Å². The molecule has 1 aromatic carbocycles. The smallest absolute Gasteiger partial charge is 0.268 e. The minimum atomic E-state index is -4.06. The summed E-state index contributed by atoms with van der Waals surface area (Å²) in [5.74, 6) is -1.87. The molecule has 0 aliphatic rings. The van der Waals surface area contributed by atoms with Gasteiger partial charge in [-0.05, 0) is 22.0 Å². The van der Waals surface area contributed by atoms with E-state index in [1.807, 2.05) is 0 Å². The van der Waals surface area contributed by atoms with Crippen LogP contribution < -0.4 is 9.86 Å². The lowest BCUT2D eigenvalue weighted by Crippen LogP contribution is -2.22. The Bertz CT molecular complexity index is 463. The van der Waals surface area contributed by atoms with Gasteiger partial charge in [0.25, 0.3) is 10.2 Å². The molecule has 0 heterocycles. The molecule has 0 aliphatic heterocycles. The fraction of sp³-hybridized carbons (Fsp3) is 0. The monoisotopic (exact) mass is 286 g/mol. The average Bonchev–Trinajstić information content (AvgIpc) is 1.97. The van der Waals surface area contributed by atoms with Crippen LogP contribution >= 0.6 is 15.9 Å². The Kier molecular flexibility index (Phi) is 3.07. The molecule has 0 atom stereocenters. The highest BCUT2D eigenvalue weighted by Crippen LogP contribution is 2.23. The predicted octanol–water partition coefficient (Wildman–Crippen LogP) is 1.34. The number of halogens is 3. The van der Waals surface area contributed by atoms with E-state index < -0.39 is 27.5 Å². The summed E-state index contributed by atoms with van der Waals surface area (Å²) in [5, 5.41) is 4.61. The molecule has 1 rings (SSSR count). The molecule has 0 aliphatic carbocycles. The summed E-state index contributed by atoms with van der Waals surface area (Å²) in [5.41, 5.74) is -0.416. The Morgan fingerprint density at radius 2 is 1.86 bits per heavy atom. The second kappa shape index (κ2) is 3.79. The third-order valence-electron chi connectivity index (χ3n) is 1.26. The van der Waals surface area contributed by atoms with E-state index in [1.165, 1.54) is 0 Å². The van der Waals surface area contributed by atoms with Gasteiger partial charge in [-0.1, -0.05) is 0 Å². The SMILES string of the molecule is NS(=O)(=O)Nc1cc(Br)c(F)cc1F. The van der Waals surface area contributed by atoms with Crippen molar-refractivity contribution in [1.29, 1.82) is 0 Å². The Hall–Kier alpha value is -0.730. The molecule has 0 spiro atoms. The van der Waals surface area contributed by atoms with Gasteiger partial charge in [0.05, 0.1) is 10.2 Å². The van der Waals surface area contributed by atoms with Gasteiger partial charge in [0.15, 0.2) is 0 Å². The molecule has 0 amide bonds. The number of hydrogen-bond donors (Lipinski definition) is 2. The highest BCUT2D eigenvalue weighted by molar-refractivity contribution is 9.10. The highest BCUT2D eigenvalue weighted by atomic mass is 79.9. The van der Waals surface area contributed by atoms with Crippen LogP contribution in [0.5, 0.6) is 0 Å². The van der Waals surface area contributed by atoms with Crippen LogP contribution in [0.25, 0.3) is 0 Å². The van der Waals surface area contributed by atoms with Crippen molar-refractivity contribution in [2.75, 3.05) is 4.72 Å². The van der Waals surface area contributed by atoms with E-state index in [0.29, 0.717) is 6.07 Å². The number of rotatable bonds is 2.